The summed E-state index contributed by atoms with van der Waals surface area (Å²) in [5.74, 6) is 0.531. The van der Waals surface area contributed by atoms with E-state index in [0.29, 0.717) is 5.88 Å². The second-order valence-corrected chi connectivity index (χ2v) is 27.0. The minimum absolute atomic E-state index is 0.531. The van der Waals surface area contributed by atoms with Crippen LogP contribution in [0.3, 0.4) is 0 Å². The van der Waals surface area contributed by atoms with Crippen molar-refractivity contribution in [1.29, 1.82) is 0 Å². The molecule has 0 aromatic heterocycles. The van der Waals surface area contributed by atoms with E-state index in [1.807, 2.05) is 6.07 Å². The molecule has 0 radical (unpaired) electrons. The number of alkyl halides is 1. The third-order valence-electron chi connectivity index (χ3n) is 3.35. The minimum Gasteiger partial charge on any atom is -0.417 e. The van der Waals surface area contributed by atoms with Crippen LogP contribution in [0, 0.1) is 0 Å². The first kappa shape index (κ1) is 24.3. The van der Waals surface area contributed by atoms with Gasteiger partial charge in [0.15, 0.2) is 25.0 Å². The number of rotatable bonds is 10. The van der Waals surface area contributed by atoms with Crippen molar-refractivity contribution in [2.75, 3.05) is 0 Å². The fourth-order valence-electron chi connectivity index (χ4n) is 2.83. The molecule has 0 aliphatic carbocycles. The molecule has 0 amide bonds. The molecule has 0 N–H and O–H groups in total. The average molecular weight is 449 g/mol. The van der Waals surface area contributed by atoms with Gasteiger partial charge in [0.1, 0.15) is 0 Å². The quantitative estimate of drug-likeness (QED) is 0.303. The van der Waals surface area contributed by atoms with Crippen molar-refractivity contribution < 1.29 is 12.3 Å². The van der Waals surface area contributed by atoms with Gasteiger partial charge in [-0.1, -0.05) is 24.3 Å². The summed E-state index contributed by atoms with van der Waals surface area (Å²) in [4.78, 5) is 0. The van der Waals surface area contributed by atoms with E-state index >= 15 is 0 Å². The molecule has 0 heterocycles. The maximum absolute atomic E-state index is 6.74. The molecule has 26 heavy (non-hydrogen) atoms. The molecule has 1 rings (SSSR count). The van der Waals surface area contributed by atoms with E-state index in [0.717, 1.165) is 12.5 Å². The van der Waals surface area contributed by atoms with Crippen molar-refractivity contribution in [3.05, 3.63) is 35.4 Å². The first-order valence-electron chi connectivity index (χ1n) is 9.38. The molecule has 3 nitrogen and oxygen atoms in total. The van der Waals surface area contributed by atoms with Gasteiger partial charge in [-0.25, -0.2) is 0 Å². The number of halogens is 1. The Hall–Kier alpha value is 0.258. The smallest absolute Gasteiger partial charge is 0.417 e. The predicted octanol–water partition coefficient (Wildman–Crippen LogP) is 6.46. The maximum Gasteiger partial charge on any atom is 0.469 e. The fraction of sp³-hybridized carbons (Fsp3) is 0.667. The Balaban J connectivity index is 3.21. The highest BCUT2D eigenvalue weighted by molar-refractivity contribution is 6.90. The fourth-order valence-corrected chi connectivity index (χ4v) is 17.7. The lowest BCUT2D eigenvalue weighted by atomic mass is 10.1. The molecule has 0 saturated carbocycles. The molecule has 0 aliphatic rings. The summed E-state index contributed by atoms with van der Waals surface area (Å²) < 4.78 is 20.2. The van der Waals surface area contributed by atoms with E-state index in [1.165, 1.54) is 11.1 Å². The molecule has 0 bridgehead atoms. The van der Waals surface area contributed by atoms with Crippen LogP contribution in [0.15, 0.2) is 24.3 Å². The van der Waals surface area contributed by atoms with Crippen molar-refractivity contribution in [3.63, 3.8) is 0 Å². The van der Waals surface area contributed by atoms with Gasteiger partial charge in [-0.15, -0.1) is 11.6 Å². The Morgan fingerprint density at radius 1 is 0.692 bits per heavy atom. The van der Waals surface area contributed by atoms with Crippen LogP contribution in [0.1, 0.15) is 11.1 Å². The highest BCUT2D eigenvalue weighted by atomic mass is 35.5. The van der Waals surface area contributed by atoms with E-state index in [2.05, 4.69) is 77.1 Å². The molecule has 0 atom stereocenters. The Morgan fingerprint density at radius 2 is 1.08 bits per heavy atom. The molecule has 0 spiro atoms. The molecule has 8 heteroatoms. The van der Waals surface area contributed by atoms with Crippen molar-refractivity contribution in [2.24, 2.45) is 0 Å². The van der Waals surface area contributed by atoms with Crippen LogP contribution in [0.5, 0.6) is 0 Å². The summed E-state index contributed by atoms with van der Waals surface area (Å²) in [5.41, 5.74) is 2.46. The second kappa shape index (κ2) is 9.17. The van der Waals surface area contributed by atoms with Gasteiger partial charge >= 0.3 is 8.80 Å². The number of hydrogen-bond acceptors (Lipinski definition) is 3. The van der Waals surface area contributed by atoms with Crippen LogP contribution in [-0.4, -0.2) is 33.8 Å². The Bertz CT molecular complexity index is 536. The van der Waals surface area contributed by atoms with Crippen molar-refractivity contribution >= 4 is 45.4 Å². The lowest BCUT2D eigenvalue weighted by Gasteiger charge is -2.43. The van der Waals surface area contributed by atoms with E-state index < -0.39 is 33.8 Å². The molecule has 1 aromatic rings. The summed E-state index contributed by atoms with van der Waals surface area (Å²) in [6, 6.07) is 9.20. The van der Waals surface area contributed by atoms with Gasteiger partial charge in [0.2, 0.25) is 0 Å². The number of hydrogen-bond donors (Lipinski definition) is 0. The lowest BCUT2D eigenvalue weighted by Crippen LogP contribution is -2.60. The predicted molar refractivity (Wildman–Crippen MR) is 124 cm³/mol. The second-order valence-electron chi connectivity index (χ2n) is 9.73. The molecular formula is C18H37ClO3Si4. The molecule has 0 aliphatic heterocycles. The first-order valence-corrected chi connectivity index (χ1v) is 22.1. The van der Waals surface area contributed by atoms with Crippen LogP contribution in [0.25, 0.3) is 0 Å². The number of aryl methyl sites for hydroxylation is 1. The van der Waals surface area contributed by atoms with Crippen LogP contribution in [0.4, 0.5) is 0 Å². The minimum atomic E-state index is -2.78. The summed E-state index contributed by atoms with van der Waals surface area (Å²) >= 11 is 6.14. The van der Waals surface area contributed by atoms with E-state index in [4.69, 9.17) is 23.9 Å². The Labute approximate surface area is 170 Å². The highest BCUT2D eigenvalue weighted by Crippen LogP contribution is 2.30. The summed E-state index contributed by atoms with van der Waals surface area (Å²) in [7, 11) is -8.24. The standard InChI is InChI=1S/C18H37ClO3Si4/c1-23(2,3)20-26(21-24(4,5)6,22-25(7,8)9)15-14-17-12-10-11-13-18(17)16-19/h10-13H,14-16H2,1-9H3. The van der Waals surface area contributed by atoms with Gasteiger partial charge in [0, 0.05) is 11.9 Å². The van der Waals surface area contributed by atoms with Crippen LogP contribution in [-0.2, 0) is 24.6 Å². The zero-order valence-electron chi connectivity index (χ0n) is 18.0. The topological polar surface area (TPSA) is 27.7 Å². The normalized spacial score (nSPS) is 13.9. The zero-order chi connectivity index (χ0) is 20.2. The third-order valence-corrected chi connectivity index (χ3v) is 15.6. The van der Waals surface area contributed by atoms with Gasteiger partial charge < -0.3 is 12.3 Å². The van der Waals surface area contributed by atoms with Gasteiger partial charge in [0.05, 0.1) is 0 Å². The van der Waals surface area contributed by atoms with E-state index in [1.54, 1.807) is 0 Å². The van der Waals surface area contributed by atoms with Crippen molar-refractivity contribution in [2.45, 2.75) is 77.3 Å². The molecular weight excluding hydrogens is 412 g/mol. The largest absolute Gasteiger partial charge is 0.469 e. The zero-order valence-corrected chi connectivity index (χ0v) is 22.8. The molecule has 150 valence electrons. The summed E-state index contributed by atoms with van der Waals surface area (Å²) in [5, 5.41) is 0. The Morgan fingerprint density at radius 3 is 1.42 bits per heavy atom. The monoisotopic (exact) mass is 448 g/mol. The van der Waals surface area contributed by atoms with E-state index in [-0.39, 0.29) is 0 Å². The third kappa shape index (κ3) is 9.45. The lowest BCUT2D eigenvalue weighted by molar-refractivity contribution is 0.252. The molecule has 0 unspecified atom stereocenters. The maximum atomic E-state index is 6.74. The highest BCUT2D eigenvalue weighted by Gasteiger charge is 2.49. The average Bonchev–Trinajstić information content (AvgIpc) is 2.39. The van der Waals surface area contributed by atoms with Gasteiger partial charge in [-0.05, 0) is 76.5 Å². The van der Waals surface area contributed by atoms with E-state index in [9.17, 15) is 0 Å². The van der Waals surface area contributed by atoms with Crippen molar-refractivity contribution in [1.82, 2.24) is 0 Å². The van der Waals surface area contributed by atoms with Crippen LogP contribution >= 0.6 is 11.6 Å². The first-order chi connectivity index (χ1) is 11.6. The number of benzene rings is 1. The van der Waals surface area contributed by atoms with Crippen LogP contribution < -0.4 is 0 Å². The summed E-state index contributed by atoms with van der Waals surface area (Å²) in [6.45, 7) is 20.0. The van der Waals surface area contributed by atoms with Gasteiger partial charge in [-0.3, -0.25) is 0 Å². The van der Waals surface area contributed by atoms with Crippen LogP contribution in [0.2, 0.25) is 65.0 Å². The summed E-state index contributed by atoms with van der Waals surface area (Å²) in [6.07, 6.45) is 0.883. The Kier molecular flexibility index (Phi) is 8.57. The van der Waals surface area contributed by atoms with Gasteiger partial charge in [-0.2, -0.15) is 0 Å². The van der Waals surface area contributed by atoms with Crippen molar-refractivity contribution in [3.8, 4) is 0 Å². The SMILES string of the molecule is C[Si](C)(C)O[Si](CCc1ccccc1CCl)(O[Si](C)(C)C)O[Si](C)(C)C. The molecule has 1 aromatic carbocycles. The van der Waals surface area contributed by atoms with Gasteiger partial charge in [0.25, 0.3) is 0 Å². The molecule has 0 fully saturated rings. The molecule has 0 saturated heterocycles.